The third kappa shape index (κ3) is 3.31. The van der Waals surface area contributed by atoms with Gasteiger partial charge in [-0.1, -0.05) is 24.3 Å². The van der Waals surface area contributed by atoms with Crippen LogP contribution in [0.2, 0.25) is 0 Å². The Balaban J connectivity index is 1.32. The van der Waals surface area contributed by atoms with E-state index in [1.54, 1.807) is 31.2 Å². The highest BCUT2D eigenvalue weighted by molar-refractivity contribution is 6.19. The highest BCUT2D eigenvalue weighted by Crippen LogP contribution is 2.38. The first-order valence-corrected chi connectivity index (χ1v) is 10.8. The molecule has 6 rings (SSSR count). The number of carbonyl (C=O) groups is 1. The molecule has 3 aromatic rings. The second-order valence-corrected chi connectivity index (χ2v) is 8.28. The molecule has 2 aliphatic carbocycles. The number of ketones is 1. The minimum Gasteiger partial charge on any atom is -0.486 e. The number of ether oxygens (including phenoxy) is 2. The van der Waals surface area contributed by atoms with Crippen LogP contribution in [0.3, 0.4) is 0 Å². The van der Waals surface area contributed by atoms with Crippen molar-refractivity contribution < 1.29 is 23.6 Å². The van der Waals surface area contributed by atoms with Gasteiger partial charge in [-0.3, -0.25) is 19.9 Å². The number of benzene rings is 2. The molecular formula is C26H18N2O6. The first kappa shape index (κ1) is 20.2. The quantitative estimate of drug-likeness (QED) is 0.303. The molecule has 0 fully saturated rings. The number of rotatable bonds is 4. The van der Waals surface area contributed by atoms with Gasteiger partial charge in [-0.2, -0.15) is 0 Å². The van der Waals surface area contributed by atoms with Gasteiger partial charge >= 0.3 is 0 Å². The number of hydrogen-bond donors (Lipinski definition) is 0. The first-order chi connectivity index (χ1) is 16.5. The van der Waals surface area contributed by atoms with E-state index in [2.05, 4.69) is 4.99 Å². The molecule has 3 aliphatic rings. The zero-order chi connectivity index (χ0) is 23.4. The summed E-state index contributed by atoms with van der Waals surface area (Å²) in [5.74, 6) is 0.792. The van der Waals surface area contributed by atoms with Crippen molar-refractivity contribution in [1.29, 1.82) is 0 Å². The van der Waals surface area contributed by atoms with E-state index in [1.807, 2.05) is 30.3 Å². The van der Waals surface area contributed by atoms with Crippen molar-refractivity contribution in [3.8, 4) is 0 Å². The summed E-state index contributed by atoms with van der Waals surface area (Å²) >= 11 is 0. The van der Waals surface area contributed by atoms with E-state index >= 15 is 0 Å². The minimum atomic E-state index is -0.619. The normalized spacial score (nSPS) is 21.8. The number of fused-ring (bicyclic) bond motifs is 5. The smallest absolute Gasteiger partial charge is 0.280 e. The molecule has 168 valence electrons. The molecule has 1 aromatic heterocycles. The number of carbonyl (C=O) groups excluding carboxylic acids is 1. The van der Waals surface area contributed by atoms with Crippen LogP contribution < -0.4 is 0 Å². The van der Waals surface area contributed by atoms with Crippen LogP contribution in [0, 0.1) is 10.1 Å². The maximum Gasteiger partial charge on any atom is 0.280 e. The maximum absolute atomic E-state index is 11.8. The molecule has 0 radical (unpaired) electrons. The molecule has 0 N–H and O–H groups in total. The molecule has 0 saturated carbocycles. The molecule has 0 spiro atoms. The summed E-state index contributed by atoms with van der Waals surface area (Å²) in [6.45, 7) is 1.77. The molecule has 0 amide bonds. The van der Waals surface area contributed by atoms with Crippen LogP contribution in [-0.4, -0.2) is 28.6 Å². The number of nitro groups is 1. The lowest BCUT2D eigenvalue weighted by molar-refractivity contribution is -0.386. The summed E-state index contributed by atoms with van der Waals surface area (Å²) in [6, 6.07) is 10.5. The molecule has 1 aliphatic heterocycles. The van der Waals surface area contributed by atoms with Crippen molar-refractivity contribution in [2.45, 2.75) is 25.2 Å². The van der Waals surface area contributed by atoms with Gasteiger partial charge in [-0.25, -0.2) is 0 Å². The standard InChI is InChI=1S/C26H18N2O6/c1-14(18-12-19-17-4-2-3-5-23(17)33-24(19)13-22(18)28(30)31)32-16-7-9-21-26(11-16)34-25-10-15(29)6-8-20(25)27-21/h2-14,21,26H,1H3. The molecule has 0 saturated heterocycles. The number of para-hydroxylation sites is 1. The topological polar surface area (TPSA) is 104 Å². The first-order valence-electron chi connectivity index (χ1n) is 10.8. The van der Waals surface area contributed by atoms with E-state index in [1.165, 1.54) is 18.2 Å². The summed E-state index contributed by atoms with van der Waals surface area (Å²) in [5.41, 5.74) is 2.13. The van der Waals surface area contributed by atoms with Crippen molar-refractivity contribution in [1.82, 2.24) is 0 Å². The van der Waals surface area contributed by atoms with Gasteiger partial charge in [0.2, 0.25) is 0 Å². The van der Waals surface area contributed by atoms with E-state index in [4.69, 9.17) is 13.9 Å². The van der Waals surface area contributed by atoms with Crippen LogP contribution in [0.5, 0.6) is 0 Å². The van der Waals surface area contributed by atoms with Crippen LogP contribution in [0.1, 0.15) is 18.6 Å². The monoisotopic (exact) mass is 454 g/mol. The van der Waals surface area contributed by atoms with E-state index in [0.29, 0.717) is 34.0 Å². The number of furan rings is 1. The van der Waals surface area contributed by atoms with Gasteiger partial charge in [0.25, 0.3) is 5.69 Å². The SMILES string of the molecule is CC(OC1=CC2OC3=CC(=O)C=CC3=NC2C=C1)c1cc2c(cc1[N+](=O)[O-])oc1ccccc12. The Hall–Kier alpha value is -4.46. The molecule has 34 heavy (non-hydrogen) atoms. The van der Waals surface area contributed by atoms with Crippen LogP contribution in [0.15, 0.2) is 93.8 Å². The zero-order valence-corrected chi connectivity index (χ0v) is 18.0. The predicted molar refractivity (Wildman–Crippen MR) is 125 cm³/mol. The van der Waals surface area contributed by atoms with Crippen LogP contribution in [0.25, 0.3) is 21.9 Å². The van der Waals surface area contributed by atoms with Crippen molar-refractivity contribution in [3.05, 3.63) is 100 Å². The second kappa shape index (κ2) is 7.55. The van der Waals surface area contributed by atoms with Gasteiger partial charge < -0.3 is 13.9 Å². The Labute approximate surface area is 193 Å². The average molecular weight is 454 g/mol. The van der Waals surface area contributed by atoms with E-state index < -0.39 is 17.1 Å². The van der Waals surface area contributed by atoms with E-state index in [-0.39, 0.29) is 17.5 Å². The van der Waals surface area contributed by atoms with Gasteiger partial charge in [0.15, 0.2) is 5.78 Å². The lowest BCUT2D eigenvalue weighted by Crippen LogP contribution is -2.34. The lowest BCUT2D eigenvalue weighted by atomic mass is 10.0. The third-order valence-corrected chi connectivity index (χ3v) is 6.08. The summed E-state index contributed by atoms with van der Waals surface area (Å²) in [5, 5.41) is 13.5. The van der Waals surface area contributed by atoms with Gasteiger partial charge in [0.1, 0.15) is 46.6 Å². The van der Waals surface area contributed by atoms with Crippen molar-refractivity contribution in [2.75, 3.05) is 0 Å². The fourth-order valence-corrected chi connectivity index (χ4v) is 4.45. The Morgan fingerprint density at radius 2 is 1.97 bits per heavy atom. The lowest BCUT2D eigenvalue weighted by Gasteiger charge is -2.31. The highest BCUT2D eigenvalue weighted by atomic mass is 16.6. The summed E-state index contributed by atoms with van der Waals surface area (Å²) in [4.78, 5) is 27.7. The largest absolute Gasteiger partial charge is 0.486 e. The summed E-state index contributed by atoms with van der Waals surface area (Å²) in [6.07, 6.45) is 8.90. The highest BCUT2D eigenvalue weighted by Gasteiger charge is 2.32. The number of aliphatic imine (C=N–C) groups is 1. The third-order valence-electron chi connectivity index (χ3n) is 6.08. The maximum atomic E-state index is 11.8. The molecule has 3 unspecified atom stereocenters. The second-order valence-electron chi connectivity index (χ2n) is 8.28. The fraction of sp³-hybridized carbons (Fsp3) is 0.154. The Morgan fingerprint density at radius 3 is 2.82 bits per heavy atom. The number of nitro benzene ring substituents is 1. The number of allylic oxidation sites excluding steroid dienone is 4. The van der Waals surface area contributed by atoms with E-state index in [9.17, 15) is 14.9 Å². The Bertz CT molecular complexity index is 1540. The van der Waals surface area contributed by atoms with Crippen LogP contribution in [-0.2, 0) is 14.3 Å². The van der Waals surface area contributed by atoms with Crippen molar-refractivity contribution >= 4 is 39.1 Å². The molecule has 2 aromatic carbocycles. The molecular weight excluding hydrogens is 436 g/mol. The molecule has 0 bridgehead atoms. The van der Waals surface area contributed by atoms with Crippen molar-refractivity contribution in [3.63, 3.8) is 0 Å². The summed E-state index contributed by atoms with van der Waals surface area (Å²) < 4.78 is 17.9. The average Bonchev–Trinajstić information content (AvgIpc) is 3.19. The number of hydrogen-bond acceptors (Lipinski definition) is 7. The van der Waals surface area contributed by atoms with Gasteiger partial charge in [0.05, 0.1) is 16.6 Å². The van der Waals surface area contributed by atoms with Crippen LogP contribution >= 0.6 is 0 Å². The van der Waals surface area contributed by atoms with Gasteiger partial charge in [-0.15, -0.1) is 0 Å². The van der Waals surface area contributed by atoms with Crippen LogP contribution in [0.4, 0.5) is 5.69 Å². The minimum absolute atomic E-state index is 0.0712. The molecule has 8 nitrogen and oxygen atoms in total. The van der Waals surface area contributed by atoms with Gasteiger partial charge in [0, 0.05) is 22.9 Å². The summed E-state index contributed by atoms with van der Waals surface area (Å²) in [7, 11) is 0. The van der Waals surface area contributed by atoms with Crippen molar-refractivity contribution in [2.24, 2.45) is 4.99 Å². The fourth-order valence-electron chi connectivity index (χ4n) is 4.45. The molecule has 2 heterocycles. The Kier molecular flexibility index (Phi) is 4.48. The molecule has 3 atom stereocenters. The molecule has 8 heteroatoms. The van der Waals surface area contributed by atoms with E-state index in [0.717, 1.165) is 10.8 Å². The Morgan fingerprint density at radius 1 is 1.12 bits per heavy atom. The van der Waals surface area contributed by atoms with Gasteiger partial charge in [-0.05, 0) is 37.3 Å². The number of nitrogens with zero attached hydrogens (tertiary/aromatic N) is 2. The zero-order valence-electron chi connectivity index (χ0n) is 18.0. The predicted octanol–water partition coefficient (Wildman–Crippen LogP) is 5.26.